The van der Waals surface area contributed by atoms with Crippen molar-refractivity contribution >= 4 is 33.8 Å². The van der Waals surface area contributed by atoms with E-state index >= 15 is 0 Å². The Labute approximate surface area is 179 Å². The molecule has 0 unspecified atom stereocenters. The van der Waals surface area contributed by atoms with Crippen molar-refractivity contribution in [3.63, 3.8) is 0 Å². The van der Waals surface area contributed by atoms with Crippen LogP contribution in [0.3, 0.4) is 0 Å². The van der Waals surface area contributed by atoms with E-state index in [1.807, 2.05) is 56.3 Å². The molecule has 1 atom stereocenters. The second-order valence-corrected chi connectivity index (χ2v) is 8.38. The average Bonchev–Trinajstić information content (AvgIpc) is 2.90. The number of imide groups is 1. The molecule has 3 rings (SSSR count). The maximum absolute atomic E-state index is 13.1. The third-order valence-electron chi connectivity index (χ3n) is 5.12. The first-order chi connectivity index (χ1) is 13.7. The summed E-state index contributed by atoms with van der Waals surface area (Å²) in [5.41, 5.74) is 0.419. The maximum atomic E-state index is 13.1. The van der Waals surface area contributed by atoms with Crippen molar-refractivity contribution in [2.75, 3.05) is 6.54 Å². The first-order valence-electron chi connectivity index (χ1n) is 9.46. The van der Waals surface area contributed by atoms with E-state index in [0.29, 0.717) is 12.1 Å². The average molecular weight is 458 g/mol. The molecule has 1 fully saturated rings. The summed E-state index contributed by atoms with van der Waals surface area (Å²) in [6, 6.07) is 16.2. The van der Waals surface area contributed by atoms with Gasteiger partial charge in [0, 0.05) is 22.6 Å². The molecule has 0 radical (unpaired) electrons. The number of hydrogen-bond acceptors (Lipinski definition) is 3. The summed E-state index contributed by atoms with van der Waals surface area (Å²) in [5.74, 6) is -0.713. The number of carbonyl (C=O) groups excluding carboxylic acids is 3. The number of nitrogens with zero attached hydrogens (tertiary/aromatic N) is 2. The van der Waals surface area contributed by atoms with E-state index in [9.17, 15) is 14.4 Å². The van der Waals surface area contributed by atoms with Crippen LogP contribution in [0.1, 0.15) is 31.9 Å². The Kier molecular flexibility index (Phi) is 6.07. The largest absolute Gasteiger partial charge is 0.334 e. The lowest BCUT2D eigenvalue weighted by Gasteiger charge is -2.29. The Hall–Kier alpha value is -2.67. The Morgan fingerprint density at radius 2 is 1.72 bits per heavy atom. The van der Waals surface area contributed by atoms with Gasteiger partial charge in [0.05, 0.1) is 0 Å². The first kappa shape index (κ1) is 21.0. The van der Waals surface area contributed by atoms with Gasteiger partial charge in [-0.2, -0.15) is 0 Å². The Morgan fingerprint density at radius 1 is 1.10 bits per heavy atom. The summed E-state index contributed by atoms with van der Waals surface area (Å²) in [7, 11) is 0. The van der Waals surface area contributed by atoms with Gasteiger partial charge in [-0.25, -0.2) is 4.79 Å². The minimum atomic E-state index is -1.22. The molecule has 7 heteroatoms. The van der Waals surface area contributed by atoms with Crippen molar-refractivity contribution in [1.82, 2.24) is 15.1 Å². The molecule has 2 aromatic rings. The highest BCUT2D eigenvalue weighted by atomic mass is 79.9. The Bertz CT molecular complexity index is 932. The van der Waals surface area contributed by atoms with E-state index in [-0.39, 0.29) is 18.5 Å². The van der Waals surface area contributed by atoms with Gasteiger partial charge in [-0.15, -0.1) is 0 Å². The molecular formula is C22H24BrN3O3. The van der Waals surface area contributed by atoms with Gasteiger partial charge in [0.25, 0.3) is 5.91 Å². The Morgan fingerprint density at radius 3 is 2.34 bits per heavy atom. The van der Waals surface area contributed by atoms with Crippen LogP contribution in [-0.2, 0) is 21.7 Å². The van der Waals surface area contributed by atoms with E-state index < -0.39 is 17.5 Å². The summed E-state index contributed by atoms with van der Waals surface area (Å²) in [5, 5.41) is 2.75. The summed E-state index contributed by atoms with van der Waals surface area (Å²) >= 11 is 3.44. The molecule has 0 saturated carbocycles. The zero-order chi connectivity index (χ0) is 21.2. The fourth-order valence-corrected chi connectivity index (χ4v) is 4.14. The predicted octanol–water partition coefficient (Wildman–Crippen LogP) is 3.65. The topological polar surface area (TPSA) is 69.7 Å². The standard InChI is InChI=1S/C22H24BrN3O3/c1-15(2)25(13-16-9-5-4-6-10-16)19(27)14-26-20(28)22(3,24-21(26)29)17-11-7-8-12-18(17)23/h4-12,15H,13-14H2,1-3H3,(H,24,29)/t22-/m0/s1. The minimum absolute atomic E-state index is 0.0712. The zero-order valence-corrected chi connectivity index (χ0v) is 18.3. The summed E-state index contributed by atoms with van der Waals surface area (Å²) in [6.07, 6.45) is 0. The van der Waals surface area contributed by atoms with Gasteiger partial charge in [0.2, 0.25) is 5.91 Å². The molecule has 0 aromatic heterocycles. The molecule has 0 aliphatic carbocycles. The van der Waals surface area contributed by atoms with Crippen molar-refractivity contribution in [3.05, 3.63) is 70.2 Å². The van der Waals surface area contributed by atoms with Crippen molar-refractivity contribution in [2.24, 2.45) is 0 Å². The summed E-state index contributed by atoms with van der Waals surface area (Å²) in [6.45, 7) is 5.61. The highest BCUT2D eigenvalue weighted by Gasteiger charge is 2.50. The van der Waals surface area contributed by atoms with Crippen LogP contribution in [-0.4, -0.2) is 40.2 Å². The molecular weight excluding hydrogens is 434 g/mol. The van der Waals surface area contributed by atoms with Crippen molar-refractivity contribution in [2.45, 2.75) is 38.9 Å². The third-order valence-corrected chi connectivity index (χ3v) is 5.81. The molecule has 1 aliphatic heterocycles. The number of rotatable bonds is 6. The summed E-state index contributed by atoms with van der Waals surface area (Å²) < 4.78 is 0.720. The molecule has 152 valence electrons. The Balaban J connectivity index is 1.80. The molecule has 6 nitrogen and oxygen atoms in total. The molecule has 1 N–H and O–H groups in total. The van der Waals surface area contributed by atoms with E-state index in [0.717, 1.165) is 14.9 Å². The number of nitrogens with one attached hydrogen (secondary N) is 1. The van der Waals surface area contributed by atoms with Gasteiger partial charge in [-0.3, -0.25) is 14.5 Å². The van der Waals surface area contributed by atoms with Crippen LogP contribution in [0.2, 0.25) is 0 Å². The smallest absolute Gasteiger partial charge is 0.325 e. The molecule has 0 bridgehead atoms. The van der Waals surface area contributed by atoms with E-state index in [4.69, 9.17) is 0 Å². The van der Waals surface area contributed by atoms with Crippen molar-refractivity contribution in [3.8, 4) is 0 Å². The van der Waals surface area contributed by atoms with E-state index in [2.05, 4.69) is 21.2 Å². The monoisotopic (exact) mass is 457 g/mol. The van der Waals surface area contributed by atoms with Gasteiger partial charge in [-0.05, 0) is 32.4 Å². The van der Waals surface area contributed by atoms with Crippen LogP contribution in [0.25, 0.3) is 0 Å². The lowest BCUT2D eigenvalue weighted by Crippen LogP contribution is -2.46. The second kappa shape index (κ2) is 8.37. The second-order valence-electron chi connectivity index (χ2n) is 7.53. The number of carbonyl (C=O) groups is 3. The van der Waals surface area contributed by atoms with E-state index in [1.54, 1.807) is 24.0 Å². The van der Waals surface area contributed by atoms with Gasteiger partial charge >= 0.3 is 6.03 Å². The van der Waals surface area contributed by atoms with Crippen LogP contribution >= 0.6 is 15.9 Å². The lowest BCUT2D eigenvalue weighted by atomic mass is 9.92. The number of halogens is 1. The van der Waals surface area contributed by atoms with Gasteiger partial charge < -0.3 is 10.2 Å². The van der Waals surface area contributed by atoms with Crippen LogP contribution < -0.4 is 5.32 Å². The fraction of sp³-hybridized carbons (Fsp3) is 0.318. The first-order valence-corrected chi connectivity index (χ1v) is 10.3. The van der Waals surface area contributed by atoms with E-state index in [1.165, 1.54) is 0 Å². The quantitative estimate of drug-likeness (QED) is 0.672. The highest BCUT2D eigenvalue weighted by Crippen LogP contribution is 2.33. The fourth-order valence-electron chi connectivity index (χ4n) is 3.45. The van der Waals surface area contributed by atoms with Crippen molar-refractivity contribution in [1.29, 1.82) is 0 Å². The normalized spacial score (nSPS) is 18.9. The highest BCUT2D eigenvalue weighted by molar-refractivity contribution is 9.10. The molecule has 1 heterocycles. The van der Waals surface area contributed by atoms with Gasteiger partial charge in [0.15, 0.2) is 0 Å². The van der Waals surface area contributed by atoms with Crippen LogP contribution in [0.15, 0.2) is 59.1 Å². The number of hydrogen-bond donors (Lipinski definition) is 1. The SMILES string of the molecule is CC(C)N(Cc1ccccc1)C(=O)CN1C(=O)N[C@@](C)(c2ccccc2Br)C1=O. The van der Waals surface area contributed by atoms with Crippen LogP contribution in [0, 0.1) is 0 Å². The number of urea groups is 1. The molecule has 29 heavy (non-hydrogen) atoms. The zero-order valence-electron chi connectivity index (χ0n) is 16.7. The van der Waals surface area contributed by atoms with Gasteiger partial charge in [0.1, 0.15) is 12.1 Å². The predicted molar refractivity (Wildman–Crippen MR) is 114 cm³/mol. The molecule has 1 saturated heterocycles. The summed E-state index contributed by atoms with van der Waals surface area (Å²) in [4.78, 5) is 41.4. The minimum Gasteiger partial charge on any atom is -0.334 e. The molecule has 4 amide bonds. The molecule has 0 spiro atoms. The number of amides is 4. The lowest BCUT2D eigenvalue weighted by molar-refractivity contribution is -0.140. The van der Waals surface area contributed by atoms with Crippen LogP contribution in [0.4, 0.5) is 4.79 Å². The van der Waals surface area contributed by atoms with Crippen LogP contribution in [0.5, 0.6) is 0 Å². The van der Waals surface area contributed by atoms with Crippen molar-refractivity contribution < 1.29 is 14.4 Å². The van der Waals surface area contributed by atoms with Gasteiger partial charge in [-0.1, -0.05) is 64.5 Å². The number of benzene rings is 2. The maximum Gasteiger partial charge on any atom is 0.325 e. The molecule has 2 aromatic carbocycles. The third kappa shape index (κ3) is 4.19. The molecule has 1 aliphatic rings.